The SMILES string of the molecule is Cc1cc(C(C)(C)C)c(-c2[c]ccc(C3(c4cc[c]c(-c5c(C(C)(C)C)cc(C)cc5C(C)(C)C)c4-c4c(C(C)(C)C)cc(C)cc4C(C)(C)C)CCCCC3)c2-c2c(C(C)(C)C)cc(C)cc2C(C)(C)C)c(C(C)(C)C)c1. The summed E-state index contributed by atoms with van der Waals surface area (Å²) in [6.45, 7) is 67.8. The van der Waals surface area contributed by atoms with Crippen LogP contribution in [0.5, 0.6) is 0 Å². The van der Waals surface area contributed by atoms with Gasteiger partial charge in [0.05, 0.1) is 0 Å². The molecule has 0 saturated heterocycles. The molecular weight excluding hydrogens is 937 g/mol. The van der Waals surface area contributed by atoms with Gasteiger partial charge in [0.1, 0.15) is 0 Å². The number of rotatable bonds is 6. The molecule has 7 rings (SSSR count). The van der Waals surface area contributed by atoms with Crippen LogP contribution in [0, 0.1) is 39.8 Å². The van der Waals surface area contributed by atoms with Gasteiger partial charge < -0.3 is 0 Å². The maximum absolute atomic E-state index is 4.21. The first kappa shape index (κ1) is 61.0. The molecule has 0 amide bonds. The van der Waals surface area contributed by atoms with E-state index in [0.29, 0.717) is 0 Å². The minimum absolute atomic E-state index is 0.142. The molecule has 2 radical (unpaired) electrons. The van der Waals surface area contributed by atoms with Gasteiger partial charge in [0.15, 0.2) is 0 Å². The second-order valence-corrected chi connectivity index (χ2v) is 32.9. The zero-order valence-electron chi connectivity index (χ0n) is 55.0. The first-order chi connectivity index (χ1) is 35.4. The van der Waals surface area contributed by atoms with Crippen LogP contribution in [0.4, 0.5) is 0 Å². The smallest absolute Gasteiger partial charge is 0.0215 e. The van der Waals surface area contributed by atoms with Gasteiger partial charge in [-0.3, -0.25) is 0 Å². The van der Waals surface area contributed by atoms with Crippen molar-refractivity contribution in [2.75, 3.05) is 0 Å². The van der Waals surface area contributed by atoms with Gasteiger partial charge in [-0.15, -0.1) is 0 Å². The highest BCUT2D eigenvalue weighted by molar-refractivity contribution is 5.96. The van der Waals surface area contributed by atoms with Gasteiger partial charge in [0.25, 0.3) is 0 Å². The van der Waals surface area contributed by atoms with Crippen molar-refractivity contribution in [2.45, 2.75) is 275 Å². The van der Waals surface area contributed by atoms with Gasteiger partial charge in [-0.1, -0.05) is 280 Å². The molecule has 0 unspecified atom stereocenters. The average Bonchev–Trinajstić information content (AvgIpc) is 3.49. The summed E-state index contributed by atoms with van der Waals surface area (Å²) in [6.07, 6.45) is 5.60. The van der Waals surface area contributed by atoms with Crippen LogP contribution in [-0.4, -0.2) is 0 Å². The van der Waals surface area contributed by atoms with Crippen molar-refractivity contribution in [1.82, 2.24) is 0 Å². The second-order valence-electron chi connectivity index (χ2n) is 32.9. The third kappa shape index (κ3) is 11.7. The molecule has 78 heavy (non-hydrogen) atoms. The topological polar surface area (TPSA) is 0 Å². The van der Waals surface area contributed by atoms with Crippen molar-refractivity contribution in [3.63, 3.8) is 0 Å². The fourth-order valence-corrected chi connectivity index (χ4v) is 13.5. The van der Waals surface area contributed by atoms with Crippen LogP contribution >= 0.6 is 0 Å². The number of benzene rings is 6. The lowest BCUT2D eigenvalue weighted by Gasteiger charge is -2.44. The molecular formula is C78H106. The van der Waals surface area contributed by atoms with Crippen molar-refractivity contribution in [3.8, 4) is 44.5 Å². The molecule has 0 aromatic heterocycles. The van der Waals surface area contributed by atoms with Crippen molar-refractivity contribution in [2.24, 2.45) is 0 Å². The monoisotopic (exact) mass is 1040 g/mol. The minimum Gasteiger partial charge on any atom is -0.0569 e. The predicted molar refractivity (Wildman–Crippen MR) is 345 cm³/mol. The summed E-state index contributed by atoms with van der Waals surface area (Å²) in [4.78, 5) is 0. The lowest BCUT2D eigenvalue weighted by Crippen LogP contribution is -2.33. The maximum Gasteiger partial charge on any atom is 0.0215 e. The summed E-state index contributed by atoms with van der Waals surface area (Å²) in [5, 5.41) is 0. The van der Waals surface area contributed by atoms with Crippen LogP contribution in [0.3, 0.4) is 0 Å². The molecule has 1 saturated carbocycles. The summed E-state index contributed by atoms with van der Waals surface area (Å²) < 4.78 is 0. The van der Waals surface area contributed by atoms with Gasteiger partial charge in [0.2, 0.25) is 0 Å². The molecule has 0 aliphatic heterocycles. The maximum atomic E-state index is 4.21. The molecule has 0 spiro atoms. The van der Waals surface area contributed by atoms with Gasteiger partial charge >= 0.3 is 0 Å². The van der Waals surface area contributed by atoms with E-state index in [1.807, 2.05) is 0 Å². The Morgan fingerprint density at radius 3 is 0.692 bits per heavy atom. The summed E-state index contributed by atoms with van der Waals surface area (Å²) in [7, 11) is 0. The van der Waals surface area contributed by atoms with E-state index >= 15 is 0 Å². The first-order valence-corrected chi connectivity index (χ1v) is 30.1. The van der Waals surface area contributed by atoms with Gasteiger partial charge in [-0.2, -0.15) is 0 Å². The number of hydrogen-bond donors (Lipinski definition) is 0. The number of aryl methyl sites for hydroxylation is 4. The Morgan fingerprint density at radius 1 is 0.282 bits per heavy atom. The molecule has 418 valence electrons. The quantitative estimate of drug-likeness (QED) is 0.156. The molecule has 0 nitrogen and oxygen atoms in total. The molecule has 0 heteroatoms. The van der Waals surface area contributed by atoms with Gasteiger partial charge in [-0.25, -0.2) is 0 Å². The third-order valence-electron chi connectivity index (χ3n) is 17.3. The summed E-state index contributed by atoms with van der Waals surface area (Å²) in [5.41, 5.74) is 28.6. The van der Waals surface area contributed by atoms with Crippen LogP contribution in [0.1, 0.15) is 276 Å². The standard InChI is InChI=1S/C78H106/c1-48-40-56(70(5,6)7)64(57(41-48)71(8,9)10)52-34-32-36-54(66(52)68-60(74(17,18)19)44-50(3)45-61(68)75(20,21)22)78(38-30-29-31-39-78)55-37-33-35-53(65-58(72(11,12)13)42-49(2)43-59(65)73(14,15)16)67(55)69-62(76(23,24)25)46-51(4)47-63(69)77(26,27)28/h32-33,36-37,40-47H,29-31,38-39H2,1-28H3. The lowest BCUT2D eigenvalue weighted by atomic mass is 9.58. The second kappa shape index (κ2) is 20.4. The van der Waals surface area contributed by atoms with Crippen LogP contribution in [0.15, 0.2) is 72.8 Å². The molecule has 6 aromatic rings. The van der Waals surface area contributed by atoms with Crippen LogP contribution < -0.4 is 0 Å². The Labute approximate surface area is 479 Å². The Hall–Kier alpha value is -4.68. The summed E-state index contributed by atoms with van der Waals surface area (Å²) >= 11 is 0. The van der Waals surface area contributed by atoms with Crippen molar-refractivity contribution in [3.05, 3.63) is 163 Å². The van der Waals surface area contributed by atoms with E-state index in [1.165, 1.54) is 129 Å². The lowest BCUT2D eigenvalue weighted by molar-refractivity contribution is 0.347. The predicted octanol–water partition coefficient (Wildman–Crippen LogP) is 22.8. The van der Waals surface area contributed by atoms with Gasteiger partial charge in [-0.05, 0) is 196 Å². The van der Waals surface area contributed by atoms with E-state index in [-0.39, 0.29) is 43.3 Å². The first-order valence-electron chi connectivity index (χ1n) is 30.1. The van der Waals surface area contributed by atoms with Crippen molar-refractivity contribution < 1.29 is 0 Å². The molecule has 0 heterocycles. The highest BCUT2D eigenvalue weighted by Gasteiger charge is 2.45. The Kier molecular flexibility index (Phi) is 15.9. The summed E-state index contributed by atoms with van der Waals surface area (Å²) in [6, 6.07) is 38.5. The molecule has 6 aromatic carbocycles. The van der Waals surface area contributed by atoms with E-state index in [1.54, 1.807) is 0 Å². The van der Waals surface area contributed by atoms with Crippen molar-refractivity contribution >= 4 is 0 Å². The number of hydrogen-bond acceptors (Lipinski definition) is 0. The zero-order valence-corrected chi connectivity index (χ0v) is 55.0. The minimum atomic E-state index is -0.399. The van der Waals surface area contributed by atoms with Gasteiger partial charge in [0, 0.05) is 5.41 Å². The zero-order chi connectivity index (χ0) is 58.6. The van der Waals surface area contributed by atoms with E-state index in [0.717, 1.165) is 25.7 Å². The molecule has 0 atom stereocenters. The highest BCUT2D eigenvalue weighted by atomic mass is 14.5. The molecule has 1 aliphatic rings. The van der Waals surface area contributed by atoms with E-state index in [4.69, 9.17) is 0 Å². The van der Waals surface area contributed by atoms with Crippen LogP contribution in [-0.2, 0) is 48.7 Å². The Balaban J connectivity index is 1.91. The van der Waals surface area contributed by atoms with Crippen LogP contribution in [0.25, 0.3) is 44.5 Å². The molecule has 1 aliphatic carbocycles. The van der Waals surface area contributed by atoms with E-state index in [2.05, 4.69) is 279 Å². The average molecular weight is 1040 g/mol. The molecule has 0 bridgehead atoms. The van der Waals surface area contributed by atoms with E-state index in [9.17, 15) is 0 Å². The molecule has 0 N–H and O–H groups in total. The Bertz CT molecular complexity index is 2860. The van der Waals surface area contributed by atoms with Crippen LogP contribution in [0.2, 0.25) is 0 Å². The largest absolute Gasteiger partial charge is 0.0569 e. The normalized spacial score (nSPS) is 15.3. The molecule has 1 fully saturated rings. The Morgan fingerprint density at radius 2 is 0.487 bits per heavy atom. The fraction of sp³-hybridized carbons (Fsp3) is 0.538. The fourth-order valence-electron chi connectivity index (χ4n) is 13.5. The van der Waals surface area contributed by atoms with E-state index < -0.39 is 5.41 Å². The third-order valence-corrected chi connectivity index (χ3v) is 17.3. The highest BCUT2D eigenvalue weighted by Crippen LogP contribution is 2.60. The summed E-state index contributed by atoms with van der Waals surface area (Å²) in [5.74, 6) is 0. The van der Waals surface area contributed by atoms with Crippen molar-refractivity contribution in [1.29, 1.82) is 0 Å².